The zero-order chi connectivity index (χ0) is 12.3. The molecule has 3 nitrogen and oxygen atoms in total. The number of hydrogen-bond donors (Lipinski definition) is 1. The van der Waals surface area contributed by atoms with Gasteiger partial charge < -0.3 is 5.11 Å². The van der Waals surface area contributed by atoms with Gasteiger partial charge in [0.05, 0.1) is 5.56 Å². The Morgan fingerprint density at radius 1 is 1.50 bits per heavy atom. The first-order valence-corrected chi connectivity index (χ1v) is 4.65. The Labute approximate surface area is 89.9 Å². The van der Waals surface area contributed by atoms with Gasteiger partial charge >= 0.3 is 12.1 Å². The molecule has 1 aromatic heterocycles. The molecule has 1 rings (SSSR count). The van der Waals surface area contributed by atoms with Gasteiger partial charge in [0.1, 0.15) is 0 Å². The standard InChI is InChI=1S/C10H10F3NO2/c1-2-3-6-4-7(9(15)16)8(14-5-6)10(11,12)13/h4-5H,2-3H2,1H3,(H,15,16). The van der Waals surface area contributed by atoms with E-state index >= 15 is 0 Å². The summed E-state index contributed by atoms with van der Waals surface area (Å²) in [5, 5.41) is 8.68. The predicted octanol–water partition coefficient (Wildman–Crippen LogP) is 2.75. The molecule has 1 heterocycles. The third-order valence-corrected chi connectivity index (χ3v) is 1.98. The van der Waals surface area contributed by atoms with Gasteiger partial charge in [0, 0.05) is 6.20 Å². The summed E-state index contributed by atoms with van der Waals surface area (Å²) in [5.41, 5.74) is -1.65. The van der Waals surface area contributed by atoms with Gasteiger partial charge in [-0.2, -0.15) is 13.2 Å². The fourth-order valence-corrected chi connectivity index (χ4v) is 1.32. The Bertz CT molecular complexity index is 402. The first-order valence-electron chi connectivity index (χ1n) is 4.65. The molecular formula is C10H10F3NO2. The van der Waals surface area contributed by atoms with Crippen molar-refractivity contribution in [2.75, 3.05) is 0 Å². The maximum Gasteiger partial charge on any atom is 0.434 e. The second kappa shape index (κ2) is 4.51. The minimum absolute atomic E-state index is 0.493. The summed E-state index contributed by atoms with van der Waals surface area (Å²) in [6.45, 7) is 1.85. The van der Waals surface area contributed by atoms with E-state index in [9.17, 15) is 18.0 Å². The lowest BCUT2D eigenvalue weighted by atomic mass is 10.1. The van der Waals surface area contributed by atoms with Crippen molar-refractivity contribution in [1.29, 1.82) is 0 Å². The second-order valence-corrected chi connectivity index (χ2v) is 3.29. The summed E-state index contributed by atoms with van der Waals surface area (Å²) in [5.74, 6) is -1.61. The highest BCUT2D eigenvalue weighted by Gasteiger charge is 2.37. The third-order valence-electron chi connectivity index (χ3n) is 1.98. The minimum Gasteiger partial charge on any atom is -0.478 e. The minimum atomic E-state index is -4.74. The molecule has 6 heteroatoms. The molecule has 0 spiro atoms. The lowest BCUT2D eigenvalue weighted by Gasteiger charge is -2.10. The highest BCUT2D eigenvalue weighted by atomic mass is 19.4. The number of hydrogen-bond acceptors (Lipinski definition) is 2. The average molecular weight is 233 g/mol. The molecular weight excluding hydrogens is 223 g/mol. The summed E-state index contributed by atoms with van der Waals surface area (Å²) in [6, 6.07) is 1.03. The van der Waals surface area contributed by atoms with Crippen molar-refractivity contribution in [3.63, 3.8) is 0 Å². The summed E-state index contributed by atoms with van der Waals surface area (Å²) in [6.07, 6.45) is -2.45. The Morgan fingerprint density at radius 3 is 2.56 bits per heavy atom. The molecule has 0 saturated carbocycles. The largest absolute Gasteiger partial charge is 0.478 e. The molecule has 0 aromatic carbocycles. The molecule has 1 aromatic rings. The van der Waals surface area contributed by atoms with E-state index in [2.05, 4.69) is 4.98 Å². The van der Waals surface area contributed by atoms with Crippen molar-refractivity contribution in [2.24, 2.45) is 0 Å². The van der Waals surface area contributed by atoms with Gasteiger partial charge in [-0.3, -0.25) is 4.98 Å². The quantitative estimate of drug-likeness (QED) is 0.873. The van der Waals surface area contributed by atoms with Crippen molar-refractivity contribution in [1.82, 2.24) is 4.98 Å². The van der Waals surface area contributed by atoms with Crippen LogP contribution in [0.25, 0.3) is 0 Å². The SMILES string of the molecule is CCCc1cnc(C(F)(F)F)c(C(=O)O)c1. The summed E-state index contributed by atoms with van der Waals surface area (Å²) < 4.78 is 37.2. The lowest BCUT2D eigenvalue weighted by Crippen LogP contribution is -2.15. The van der Waals surface area contributed by atoms with Gasteiger partial charge in [0.2, 0.25) is 0 Å². The highest BCUT2D eigenvalue weighted by molar-refractivity contribution is 5.89. The number of carboxylic acid groups (broad SMARTS) is 1. The van der Waals surface area contributed by atoms with E-state index in [1.807, 2.05) is 6.92 Å². The Morgan fingerprint density at radius 2 is 2.12 bits per heavy atom. The van der Waals surface area contributed by atoms with Crippen LogP contribution in [0.1, 0.15) is 35.0 Å². The van der Waals surface area contributed by atoms with E-state index in [4.69, 9.17) is 5.11 Å². The smallest absolute Gasteiger partial charge is 0.434 e. The van der Waals surface area contributed by atoms with Crippen molar-refractivity contribution < 1.29 is 23.1 Å². The Balaban J connectivity index is 3.25. The van der Waals surface area contributed by atoms with E-state index in [1.165, 1.54) is 0 Å². The van der Waals surface area contributed by atoms with E-state index < -0.39 is 23.4 Å². The van der Waals surface area contributed by atoms with Crippen LogP contribution in [0.5, 0.6) is 0 Å². The first-order chi connectivity index (χ1) is 7.36. The number of rotatable bonds is 3. The second-order valence-electron chi connectivity index (χ2n) is 3.29. The van der Waals surface area contributed by atoms with Crippen molar-refractivity contribution >= 4 is 5.97 Å². The fourth-order valence-electron chi connectivity index (χ4n) is 1.32. The maximum absolute atomic E-state index is 12.4. The van der Waals surface area contributed by atoms with Gasteiger partial charge in [-0.15, -0.1) is 0 Å². The van der Waals surface area contributed by atoms with Crippen LogP contribution in [0.15, 0.2) is 12.3 Å². The molecule has 0 radical (unpaired) electrons. The number of alkyl halides is 3. The molecule has 1 N–H and O–H groups in total. The van der Waals surface area contributed by atoms with Gasteiger partial charge in [-0.05, 0) is 18.1 Å². The Kier molecular flexibility index (Phi) is 3.51. The van der Waals surface area contributed by atoms with Crippen LogP contribution >= 0.6 is 0 Å². The molecule has 0 bridgehead atoms. The van der Waals surface area contributed by atoms with Gasteiger partial charge in [0.15, 0.2) is 5.69 Å². The van der Waals surface area contributed by atoms with Crippen molar-refractivity contribution in [2.45, 2.75) is 25.9 Å². The molecule has 0 aliphatic heterocycles. The third kappa shape index (κ3) is 2.71. The molecule has 0 unspecified atom stereocenters. The Hall–Kier alpha value is -1.59. The molecule has 88 valence electrons. The zero-order valence-electron chi connectivity index (χ0n) is 8.51. The number of halogens is 3. The maximum atomic E-state index is 12.4. The lowest BCUT2D eigenvalue weighted by molar-refractivity contribution is -0.141. The van der Waals surface area contributed by atoms with E-state index in [-0.39, 0.29) is 0 Å². The van der Waals surface area contributed by atoms with Crippen LogP contribution in [0.4, 0.5) is 13.2 Å². The molecule has 0 fully saturated rings. The van der Waals surface area contributed by atoms with Crippen molar-refractivity contribution in [3.05, 3.63) is 29.1 Å². The molecule has 0 atom stereocenters. The van der Waals surface area contributed by atoms with Crippen LogP contribution in [-0.4, -0.2) is 16.1 Å². The van der Waals surface area contributed by atoms with Crippen molar-refractivity contribution in [3.8, 4) is 0 Å². The molecule has 0 aliphatic carbocycles. The van der Waals surface area contributed by atoms with Crippen LogP contribution in [0.2, 0.25) is 0 Å². The van der Waals surface area contributed by atoms with E-state index in [0.717, 1.165) is 12.3 Å². The van der Waals surface area contributed by atoms with Gasteiger partial charge in [-0.1, -0.05) is 13.3 Å². The summed E-state index contributed by atoms with van der Waals surface area (Å²) >= 11 is 0. The van der Waals surface area contributed by atoms with E-state index in [0.29, 0.717) is 18.4 Å². The van der Waals surface area contributed by atoms with Crippen LogP contribution in [-0.2, 0) is 12.6 Å². The number of carbonyl (C=O) groups is 1. The topological polar surface area (TPSA) is 50.2 Å². The molecule has 0 amide bonds. The number of carboxylic acids is 1. The summed E-state index contributed by atoms with van der Waals surface area (Å²) in [7, 11) is 0. The van der Waals surface area contributed by atoms with Gasteiger partial charge in [-0.25, -0.2) is 4.79 Å². The number of aryl methyl sites for hydroxylation is 1. The average Bonchev–Trinajstić information content (AvgIpc) is 2.16. The number of pyridine rings is 1. The predicted molar refractivity (Wildman–Crippen MR) is 50.2 cm³/mol. The summed E-state index contributed by atoms with van der Waals surface area (Å²) in [4.78, 5) is 13.9. The number of aromatic nitrogens is 1. The number of nitrogens with zero attached hydrogens (tertiary/aromatic N) is 1. The van der Waals surface area contributed by atoms with Crippen LogP contribution in [0, 0.1) is 0 Å². The molecule has 0 saturated heterocycles. The fraction of sp³-hybridized carbons (Fsp3) is 0.400. The van der Waals surface area contributed by atoms with Crippen LogP contribution < -0.4 is 0 Å². The molecule has 0 aliphatic rings. The number of aromatic carboxylic acids is 1. The van der Waals surface area contributed by atoms with E-state index in [1.54, 1.807) is 0 Å². The normalized spacial score (nSPS) is 11.5. The van der Waals surface area contributed by atoms with Crippen LogP contribution in [0.3, 0.4) is 0 Å². The highest BCUT2D eigenvalue weighted by Crippen LogP contribution is 2.30. The zero-order valence-corrected chi connectivity index (χ0v) is 8.51. The van der Waals surface area contributed by atoms with Gasteiger partial charge in [0.25, 0.3) is 0 Å². The monoisotopic (exact) mass is 233 g/mol. The first kappa shape index (κ1) is 12.5. The molecule has 16 heavy (non-hydrogen) atoms.